The van der Waals surface area contributed by atoms with Crippen LogP contribution in [0.1, 0.15) is 42.5 Å². The quantitative estimate of drug-likeness (QED) is 0.618. The van der Waals surface area contributed by atoms with Gasteiger partial charge in [0.15, 0.2) is 0 Å². The number of para-hydroxylation sites is 2. The first-order chi connectivity index (χ1) is 11.7. The van der Waals surface area contributed by atoms with Crippen LogP contribution in [0.4, 0.5) is 0 Å². The van der Waals surface area contributed by atoms with Crippen molar-refractivity contribution in [2.45, 2.75) is 32.1 Å². The molecule has 0 aliphatic heterocycles. The highest BCUT2D eigenvalue weighted by atomic mass is 16.5. The van der Waals surface area contributed by atoms with E-state index in [1.165, 1.54) is 6.42 Å². The molecule has 0 aromatic heterocycles. The highest BCUT2D eigenvalue weighted by Gasteiger charge is 2.25. The molecule has 0 saturated heterocycles. The van der Waals surface area contributed by atoms with Gasteiger partial charge in [0.1, 0.15) is 17.1 Å². The molecule has 0 N–H and O–H groups in total. The standard InChI is InChI=1S/C20H20O4/c21-19(15-9-3-1-4-10-15)24-18-14-8-7-13-17(18)20(22)23-16-11-5-2-6-12-16/h2,5-8,11-15H,1,3-4,9-10H2. The largest absolute Gasteiger partial charge is 0.425 e. The molecule has 0 spiro atoms. The number of ether oxygens (including phenoxy) is 2. The molecule has 0 amide bonds. The van der Waals surface area contributed by atoms with Crippen LogP contribution in [0, 0.1) is 5.92 Å². The Labute approximate surface area is 141 Å². The van der Waals surface area contributed by atoms with Crippen molar-refractivity contribution in [1.82, 2.24) is 0 Å². The van der Waals surface area contributed by atoms with Crippen molar-refractivity contribution in [3.05, 3.63) is 60.2 Å². The van der Waals surface area contributed by atoms with Gasteiger partial charge in [-0.3, -0.25) is 4.79 Å². The molecule has 1 saturated carbocycles. The van der Waals surface area contributed by atoms with Crippen LogP contribution in [-0.2, 0) is 4.79 Å². The zero-order valence-corrected chi connectivity index (χ0v) is 13.4. The summed E-state index contributed by atoms with van der Waals surface area (Å²) in [6, 6.07) is 15.5. The Hall–Kier alpha value is -2.62. The van der Waals surface area contributed by atoms with E-state index in [4.69, 9.17) is 9.47 Å². The van der Waals surface area contributed by atoms with Crippen molar-refractivity contribution < 1.29 is 19.1 Å². The minimum absolute atomic E-state index is 0.0723. The zero-order valence-electron chi connectivity index (χ0n) is 13.4. The van der Waals surface area contributed by atoms with Crippen LogP contribution in [0.5, 0.6) is 11.5 Å². The minimum Gasteiger partial charge on any atom is -0.425 e. The number of hydrogen-bond acceptors (Lipinski definition) is 4. The van der Waals surface area contributed by atoms with Gasteiger partial charge in [0, 0.05) is 0 Å². The average Bonchev–Trinajstić information content (AvgIpc) is 2.63. The third kappa shape index (κ3) is 4.02. The Kier molecular flexibility index (Phi) is 5.26. The molecule has 4 heteroatoms. The number of carbonyl (C=O) groups is 2. The highest BCUT2D eigenvalue weighted by Crippen LogP contribution is 2.27. The second-order valence-corrected chi connectivity index (χ2v) is 5.95. The second-order valence-electron chi connectivity index (χ2n) is 5.95. The summed E-state index contributed by atoms with van der Waals surface area (Å²) >= 11 is 0. The van der Waals surface area contributed by atoms with Crippen LogP contribution in [0.25, 0.3) is 0 Å². The Balaban J connectivity index is 1.72. The van der Waals surface area contributed by atoms with Crippen LogP contribution in [0.3, 0.4) is 0 Å². The number of hydrogen-bond donors (Lipinski definition) is 0. The lowest BCUT2D eigenvalue weighted by Crippen LogP contribution is -2.24. The lowest BCUT2D eigenvalue weighted by Gasteiger charge is -2.20. The molecule has 0 bridgehead atoms. The number of benzene rings is 2. The first-order valence-corrected chi connectivity index (χ1v) is 8.32. The molecule has 1 fully saturated rings. The molecule has 0 heterocycles. The monoisotopic (exact) mass is 324 g/mol. The Morgan fingerprint density at radius 3 is 2.21 bits per heavy atom. The van der Waals surface area contributed by atoms with Gasteiger partial charge >= 0.3 is 11.9 Å². The highest BCUT2D eigenvalue weighted by molar-refractivity contribution is 5.95. The molecule has 24 heavy (non-hydrogen) atoms. The maximum Gasteiger partial charge on any atom is 0.347 e. The summed E-state index contributed by atoms with van der Waals surface area (Å²) in [5, 5.41) is 0. The summed E-state index contributed by atoms with van der Waals surface area (Å²) in [6.45, 7) is 0. The van der Waals surface area contributed by atoms with Crippen LogP contribution in [0.15, 0.2) is 54.6 Å². The van der Waals surface area contributed by atoms with Gasteiger partial charge in [0.25, 0.3) is 0 Å². The van der Waals surface area contributed by atoms with E-state index in [1.54, 1.807) is 48.5 Å². The lowest BCUT2D eigenvalue weighted by molar-refractivity contribution is -0.140. The third-order valence-corrected chi connectivity index (χ3v) is 4.21. The maximum atomic E-state index is 12.4. The summed E-state index contributed by atoms with van der Waals surface area (Å²) < 4.78 is 10.8. The summed E-state index contributed by atoms with van der Waals surface area (Å²) in [5.74, 6) is -0.148. The molecule has 2 aromatic carbocycles. The van der Waals surface area contributed by atoms with E-state index in [9.17, 15) is 9.59 Å². The van der Waals surface area contributed by atoms with E-state index >= 15 is 0 Å². The second kappa shape index (κ2) is 7.77. The number of carbonyl (C=O) groups excluding carboxylic acids is 2. The SMILES string of the molecule is O=C(Oc1ccccc1)c1ccccc1OC(=O)C1CCCCC1. The van der Waals surface area contributed by atoms with E-state index in [0.717, 1.165) is 25.7 Å². The van der Waals surface area contributed by atoms with Crippen molar-refractivity contribution in [3.8, 4) is 11.5 Å². The van der Waals surface area contributed by atoms with E-state index in [0.29, 0.717) is 5.75 Å². The molecule has 4 nitrogen and oxygen atoms in total. The predicted molar refractivity (Wildman–Crippen MR) is 90.1 cm³/mol. The first-order valence-electron chi connectivity index (χ1n) is 8.32. The van der Waals surface area contributed by atoms with Gasteiger partial charge < -0.3 is 9.47 Å². The maximum absolute atomic E-state index is 12.4. The molecular formula is C20H20O4. The fourth-order valence-corrected chi connectivity index (χ4v) is 2.90. The Morgan fingerprint density at radius 1 is 0.792 bits per heavy atom. The van der Waals surface area contributed by atoms with Crippen molar-refractivity contribution in [1.29, 1.82) is 0 Å². The van der Waals surface area contributed by atoms with E-state index in [-0.39, 0.29) is 23.2 Å². The van der Waals surface area contributed by atoms with Crippen molar-refractivity contribution in [2.24, 2.45) is 5.92 Å². The Morgan fingerprint density at radius 2 is 1.46 bits per heavy atom. The molecule has 3 rings (SSSR count). The van der Waals surface area contributed by atoms with Gasteiger partial charge in [-0.2, -0.15) is 0 Å². The smallest absolute Gasteiger partial charge is 0.347 e. The molecule has 0 atom stereocenters. The molecule has 124 valence electrons. The van der Waals surface area contributed by atoms with Crippen molar-refractivity contribution in [3.63, 3.8) is 0 Å². The third-order valence-electron chi connectivity index (χ3n) is 4.21. The van der Waals surface area contributed by atoms with Crippen molar-refractivity contribution in [2.75, 3.05) is 0 Å². The van der Waals surface area contributed by atoms with E-state index in [2.05, 4.69) is 0 Å². The number of rotatable bonds is 4. The first kappa shape index (κ1) is 16.2. The van der Waals surface area contributed by atoms with Gasteiger partial charge in [0.05, 0.1) is 5.92 Å². The van der Waals surface area contributed by atoms with Gasteiger partial charge in [0.2, 0.25) is 0 Å². The normalized spacial score (nSPS) is 14.8. The van der Waals surface area contributed by atoms with Gasteiger partial charge in [-0.15, -0.1) is 0 Å². The van der Waals surface area contributed by atoms with Crippen LogP contribution in [-0.4, -0.2) is 11.9 Å². The van der Waals surface area contributed by atoms with Gasteiger partial charge in [-0.25, -0.2) is 4.79 Å². The average molecular weight is 324 g/mol. The summed E-state index contributed by atoms with van der Waals surface area (Å²) in [6.07, 6.45) is 4.99. The lowest BCUT2D eigenvalue weighted by atomic mass is 9.89. The van der Waals surface area contributed by atoms with Gasteiger partial charge in [-0.1, -0.05) is 49.6 Å². The Bertz CT molecular complexity index is 703. The summed E-state index contributed by atoms with van der Waals surface area (Å²) in [7, 11) is 0. The number of esters is 2. The predicted octanol–water partition coefficient (Wildman–Crippen LogP) is 4.39. The van der Waals surface area contributed by atoms with Crippen LogP contribution in [0.2, 0.25) is 0 Å². The molecule has 2 aromatic rings. The minimum atomic E-state index is -0.534. The van der Waals surface area contributed by atoms with E-state index < -0.39 is 5.97 Å². The topological polar surface area (TPSA) is 52.6 Å². The molecule has 0 radical (unpaired) electrons. The van der Waals surface area contributed by atoms with Gasteiger partial charge in [-0.05, 0) is 37.1 Å². The van der Waals surface area contributed by atoms with Crippen LogP contribution >= 0.6 is 0 Å². The summed E-state index contributed by atoms with van der Waals surface area (Å²) in [4.78, 5) is 24.7. The van der Waals surface area contributed by atoms with Crippen molar-refractivity contribution >= 4 is 11.9 Å². The summed E-state index contributed by atoms with van der Waals surface area (Å²) in [5.41, 5.74) is 0.255. The zero-order chi connectivity index (χ0) is 16.8. The van der Waals surface area contributed by atoms with Crippen LogP contribution < -0.4 is 9.47 Å². The molecule has 0 unspecified atom stereocenters. The fraction of sp³-hybridized carbons (Fsp3) is 0.300. The molecule has 1 aliphatic carbocycles. The molecule has 1 aliphatic rings. The fourth-order valence-electron chi connectivity index (χ4n) is 2.90. The molecular weight excluding hydrogens is 304 g/mol. The van der Waals surface area contributed by atoms with E-state index in [1.807, 2.05) is 6.07 Å².